The number of allylic oxidation sites excluding steroid dienone is 24. The van der Waals surface area contributed by atoms with Crippen molar-refractivity contribution in [2.24, 2.45) is 0 Å². The Kier molecular flexibility index (Phi) is 65.8. The van der Waals surface area contributed by atoms with Gasteiger partial charge in [-0.05, 0) is 135 Å². The highest BCUT2D eigenvalue weighted by atomic mass is 16.6. The molecule has 0 fully saturated rings. The van der Waals surface area contributed by atoms with Gasteiger partial charge in [0.1, 0.15) is 13.2 Å². The number of hydrogen-bond donors (Lipinski definition) is 0. The molecule has 0 aliphatic heterocycles. The average Bonchev–Trinajstić information content (AvgIpc) is 3.49. The van der Waals surface area contributed by atoms with Gasteiger partial charge in [-0.1, -0.05) is 295 Å². The molecule has 83 heavy (non-hydrogen) atoms. The zero-order valence-corrected chi connectivity index (χ0v) is 53.9. The van der Waals surface area contributed by atoms with Crippen molar-refractivity contribution in [3.05, 3.63) is 146 Å². The second kappa shape index (κ2) is 69.8. The van der Waals surface area contributed by atoms with Crippen LogP contribution in [0.4, 0.5) is 0 Å². The zero-order valence-electron chi connectivity index (χ0n) is 53.9. The van der Waals surface area contributed by atoms with Crippen molar-refractivity contribution in [3.63, 3.8) is 0 Å². The minimum absolute atomic E-state index is 0.107. The van der Waals surface area contributed by atoms with Crippen LogP contribution >= 0.6 is 0 Å². The lowest BCUT2D eigenvalue weighted by Gasteiger charge is -2.18. The molecule has 6 nitrogen and oxygen atoms in total. The maximum absolute atomic E-state index is 12.9. The maximum Gasteiger partial charge on any atom is 0.306 e. The fourth-order valence-electron chi connectivity index (χ4n) is 9.24. The molecule has 0 aromatic heterocycles. The number of carbonyl (C=O) groups is 3. The highest BCUT2D eigenvalue weighted by Gasteiger charge is 2.19. The summed E-state index contributed by atoms with van der Waals surface area (Å²) in [6, 6.07) is 0. The monoisotopic (exact) mass is 1150 g/mol. The van der Waals surface area contributed by atoms with Gasteiger partial charge in [0.05, 0.1) is 0 Å². The van der Waals surface area contributed by atoms with E-state index in [1.54, 1.807) is 0 Å². The van der Waals surface area contributed by atoms with E-state index in [0.29, 0.717) is 19.3 Å². The summed E-state index contributed by atoms with van der Waals surface area (Å²) in [5, 5.41) is 0. The molecule has 0 heterocycles. The van der Waals surface area contributed by atoms with Crippen LogP contribution in [0.1, 0.15) is 303 Å². The molecule has 0 aromatic carbocycles. The molecule has 6 heteroatoms. The summed E-state index contributed by atoms with van der Waals surface area (Å²) >= 11 is 0. The molecule has 0 saturated heterocycles. The fraction of sp³-hybridized carbons (Fsp3) is 0.649. The largest absolute Gasteiger partial charge is 0.462 e. The standard InChI is InChI=1S/C77H126O6/c1-4-7-10-13-16-19-22-25-28-31-33-35-37-38-40-41-43-46-49-52-55-58-61-64-67-70-76(79)82-73-74(72-81-75(78)69-66-63-60-57-54-51-48-45-30-27-24-21-18-15-12-9-6-3)83-77(80)71-68-65-62-59-56-53-50-47-44-42-39-36-34-32-29-26-23-20-17-14-11-8-5-2/h7-8,10-11,16-17,19-20,25-30,33-36,42,44,50,53,59,62,74H,4-6,9,12-15,18,21-24,31-32,37-41,43,45-49,51-52,54-58,60-61,63-73H2,1-3H3/b10-7-,11-8-,19-16-,20-17-,28-25-,29-26-,30-27-,35-33-,36-34-,44-42-,53-50-,62-59-. The molecule has 0 rings (SSSR count). The third kappa shape index (κ3) is 68.0. The van der Waals surface area contributed by atoms with Crippen molar-refractivity contribution in [2.45, 2.75) is 309 Å². The van der Waals surface area contributed by atoms with Crippen molar-refractivity contribution in [1.82, 2.24) is 0 Å². The Morgan fingerprint density at radius 3 is 0.783 bits per heavy atom. The van der Waals surface area contributed by atoms with Crippen LogP contribution in [-0.4, -0.2) is 37.2 Å². The molecule has 0 N–H and O–H groups in total. The minimum Gasteiger partial charge on any atom is -0.462 e. The number of rotatable bonds is 61. The Hall–Kier alpha value is -4.71. The van der Waals surface area contributed by atoms with E-state index in [9.17, 15) is 14.4 Å². The number of carbonyl (C=O) groups excluding carboxylic acids is 3. The molecule has 0 aromatic rings. The van der Waals surface area contributed by atoms with Crippen molar-refractivity contribution in [3.8, 4) is 0 Å². The lowest BCUT2D eigenvalue weighted by molar-refractivity contribution is -0.167. The molecule has 1 unspecified atom stereocenters. The summed E-state index contributed by atoms with van der Waals surface area (Å²) in [5.41, 5.74) is 0. The highest BCUT2D eigenvalue weighted by Crippen LogP contribution is 2.16. The van der Waals surface area contributed by atoms with Crippen LogP contribution < -0.4 is 0 Å². The minimum atomic E-state index is -0.819. The first kappa shape index (κ1) is 78.3. The first-order valence-corrected chi connectivity index (χ1v) is 34.3. The molecule has 470 valence electrons. The molecule has 0 saturated carbocycles. The van der Waals surface area contributed by atoms with Crippen LogP contribution in [0, 0.1) is 0 Å². The number of hydrogen-bond acceptors (Lipinski definition) is 6. The third-order valence-corrected chi connectivity index (χ3v) is 14.3. The van der Waals surface area contributed by atoms with Gasteiger partial charge in [0, 0.05) is 19.3 Å². The Morgan fingerprint density at radius 2 is 0.482 bits per heavy atom. The van der Waals surface area contributed by atoms with Crippen molar-refractivity contribution >= 4 is 17.9 Å². The van der Waals surface area contributed by atoms with Crippen LogP contribution in [0.15, 0.2) is 146 Å². The molecule has 1 atom stereocenters. The second-order valence-corrected chi connectivity index (χ2v) is 22.3. The van der Waals surface area contributed by atoms with Gasteiger partial charge in [-0.25, -0.2) is 0 Å². The van der Waals surface area contributed by atoms with E-state index in [0.717, 1.165) is 116 Å². The fourth-order valence-corrected chi connectivity index (χ4v) is 9.24. The van der Waals surface area contributed by atoms with Crippen molar-refractivity contribution in [1.29, 1.82) is 0 Å². The third-order valence-electron chi connectivity index (χ3n) is 14.3. The lowest BCUT2D eigenvalue weighted by Crippen LogP contribution is -2.30. The van der Waals surface area contributed by atoms with Gasteiger partial charge in [-0.3, -0.25) is 14.4 Å². The van der Waals surface area contributed by atoms with Gasteiger partial charge in [-0.2, -0.15) is 0 Å². The van der Waals surface area contributed by atoms with Crippen LogP contribution in [-0.2, 0) is 28.6 Å². The second-order valence-electron chi connectivity index (χ2n) is 22.3. The van der Waals surface area contributed by atoms with Gasteiger partial charge in [-0.15, -0.1) is 0 Å². The Labute approximate surface area is 512 Å². The van der Waals surface area contributed by atoms with Crippen LogP contribution in [0.2, 0.25) is 0 Å². The summed E-state index contributed by atoms with van der Waals surface area (Å²) in [6.45, 7) is 6.38. The van der Waals surface area contributed by atoms with Crippen LogP contribution in [0.5, 0.6) is 0 Å². The molecule has 0 spiro atoms. The Morgan fingerprint density at radius 1 is 0.253 bits per heavy atom. The maximum atomic E-state index is 12.9. The zero-order chi connectivity index (χ0) is 59.9. The predicted octanol–water partition coefficient (Wildman–Crippen LogP) is 23.9. The van der Waals surface area contributed by atoms with Crippen LogP contribution in [0.3, 0.4) is 0 Å². The highest BCUT2D eigenvalue weighted by molar-refractivity contribution is 5.71. The molecule has 0 aliphatic rings. The van der Waals surface area contributed by atoms with Gasteiger partial charge in [0.15, 0.2) is 6.10 Å². The van der Waals surface area contributed by atoms with Gasteiger partial charge in [0.25, 0.3) is 0 Å². The van der Waals surface area contributed by atoms with Crippen molar-refractivity contribution in [2.75, 3.05) is 13.2 Å². The molecular weight excluding hydrogens is 1020 g/mol. The van der Waals surface area contributed by atoms with E-state index >= 15 is 0 Å². The number of esters is 3. The van der Waals surface area contributed by atoms with E-state index in [-0.39, 0.29) is 37.5 Å². The summed E-state index contributed by atoms with van der Waals surface area (Å²) < 4.78 is 16.9. The van der Waals surface area contributed by atoms with E-state index in [4.69, 9.17) is 14.2 Å². The molecule has 0 radical (unpaired) electrons. The van der Waals surface area contributed by atoms with E-state index in [1.807, 2.05) is 0 Å². The Balaban J connectivity index is 4.48. The smallest absolute Gasteiger partial charge is 0.306 e. The molecule has 0 amide bonds. The van der Waals surface area contributed by atoms with E-state index in [1.165, 1.54) is 141 Å². The topological polar surface area (TPSA) is 78.9 Å². The van der Waals surface area contributed by atoms with Crippen LogP contribution in [0.25, 0.3) is 0 Å². The Bertz CT molecular complexity index is 1800. The lowest BCUT2D eigenvalue weighted by atomic mass is 10.0. The summed E-state index contributed by atoms with van der Waals surface area (Å²) in [5.74, 6) is -0.968. The van der Waals surface area contributed by atoms with Crippen molar-refractivity contribution < 1.29 is 28.6 Å². The number of ether oxygens (including phenoxy) is 3. The summed E-state index contributed by atoms with van der Waals surface area (Å²) in [4.78, 5) is 38.4. The SMILES string of the molecule is CC/C=C\C/C=C\C/C=C\C/C=C\C/C=C\C/C=C\C/C=C\CCCC(=O)OC(COC(=O)CCCCCCCCC/C=C\CCCCCCCC)COC(=O)CCCCCCCCCCCCCC/C=C\C/C=C\C/C=C\C/C=C\CC. The molecular formula is C77H126O6. The van der Waals surface area contributed by atoms with E-state index in [2.05, 4.69) is 167 Å². The quantitative estimate of drug-likeness (QED) is 0.0261. The van der Waals surface area contributed by atoms with E-state index < -0.39 is 6.10 Å². The molecule has 0 bridgehead atoms. The summed E-state index contributed by atoms with van der Waals surface area (Å²) in [7, 11) is 0. The normalized spacial score (nSPS) is 13.0. The van der Waals surface area contributed by atoms with Gasteiger partial charge in [0.2, 0.25) is 0 Å². The summed E-state index contributed by atoms with van der Waals surface area (Å²) in [6.07, 6.45) is 100. The van der Waals surface area contributed by atoms with Gasteiger partial charge < -0.3 is 14.2 Å². The first-order chi connectivity index (χ1) is 41.0. The molecule has 0 aliphatic carbocycles. The first-order valence-electron chi connectivity index (χ1n) is 34.3. The van der Waals surface area contributed by atoms with Gasteiger partial charge >= 0.3 is 17.9 Å². The predicted molar refractivity (Wildman–Crippen MR) is 362 cm³/mol. The number of unbranched alkanes of at least 4 members (excludes halogenated alkanes) is 26. The average molecular weight is 1150 g/mol.